The minimum absolute atomic E-state index is 0.158. The van der Waals surface area contributed by atoms with Crippen molar-refractivity contribution in [2.45, 2.75) is 19.1 Å². The summed E-state index contributed by atoms with van der Waals surface area (Å²) >= 11 is 1.82. The molecule has 3 aromatic carbocycles. The van der Waals surface area contributed by atoms with Gasteiger partial charge in [0.25, 0.3) is 0 Å². The van der Waals surface area contributed by atoms with Gasteiger partial charge in [-0.25, -0.2) is 0 Å². The average molecular weight is 428 g/mol. The zero-order valence-electron chi connectivity index (χ0n) is 17.5. The molecule has 1 aliphatic heterocycles. The Morgan fingerprint density at radius 3 is 2.68 bits per heavy atom. The molecule has 0 saturated carbocycles. The molecular formula is C27H25NO2S. The number of thiophene rings is 1. The minimum atomic E-state index is 0.158. The highest BCUT2D eigenvalue weighted by Crippen LogP contribution is 2.37. The lowest BCUT2D eigenvalue weighted by Gasteiger charge is -2.26. The zero-order chi connectivity index (χ0) is 21.0. The first-order valence-electron chi connectivity index (χ1n) is 10.6. The van der Waals surface area contributed by atoms with Crippen LogP contribution in [0.4, 0.5) is 0 Å². The maximum atomic E-state index is 6.12. The summed E-state index contributed by atoms with van der Waals surface area (Å²) in [4.78, 5) is 1.27. The van der Waals surface area contributed by atoms with E-state index in [2.05, 4.69) is 72.1 Å². The van der Waals surface area contributed by atoms with Gasteiger partial charge in [-0.2, -0.15) is 0 Å². The van der Waals surface area contributed by atoms with Gasteiger partial charge in [0.15, 0.2) is 11.5 Å². The van der Waals surface area contributed by atoms with Crippen molar-refractivity contribution in [3.8, 4) is 11.5 Å². The second-order valence-corrected chi connectivity index (χ2v) is 8.82. The van der Waals surface area contributed by atoms with E-state index in [1.54, 1.807) is 7.11 Å². The van der Waals surface area contributed by atoms with Crippen LogP contribution in [0.3, 0.4) is 0 Å². The van der Waals surface area contributed by atoms with Gasteiger partial charge < -0.3 is 14.8 Å². The van der Waals surface area contributed by atoms with E-state index >= 15 is 0 Å². The molecule has 0 radical (unpaired) electrons. The van der Waals surface area contributed by atoms with E-state index in [1.807, 2.05) is 29.5 Å². The third-order valence-electron chi connectivity index (χ3n) is 5.65. The number of benzene rings is 3. The Morgan fingerprint density at radius 2 is 1.84 bits per heavy atom. The van der Waals surface area contributed by atoms with Crippen LogP contribution in [0.2, 0.25) is 0 Å². The van der Waals surface area contributed by atoms with Gasteiger partial charge in [-0.05, 0) is 58.8 Å². The van der Waals surface area contributed by atoms with Gasteiger partial charge in [-0.15, -0.1) is 11.3 Å². The molecule has 1 atom stereocenters. The van der Waals surface area contributed by atoms with Crippen LogP contribution in [0.5, 0.6) is 11.5 Å². The first kappa shape index (κ1) is 19.9. The molecule has 0 aliphatic carbocycles. The van der Waals surface area contributed by atoms with Crippen LogP contribution >= 0.6 is 11.3 Å². The summed E-state index contributed by atoms with van der Waals surface area (Å²) in [5.41, 5.74) is 3.72. The van der Waals surface area contributed by atoms with E-state index < -0.39 is 0 Å². The van der Waals surface area contributed by atoms with Crippen LogP contribution in [-0.4, -0.2) is 13.7 Å². The zero-order valence-corrected chi connectivity index (χ0v) is 18.3. The molecule has 0 amide bonds. The van der Waals surface area contributed by atoms with Crippen LogP contribution in [-0.2, 0) is 13.0 Å². The molecule has 0 bridgehead atoms. The lowest BCUT2D eigenvalue weighted by atomic mass is 9.93. The quantitative estimate of drug-likeness (QED) is 0.387. The average Bonchev–Trinajstić information content (AvgIpc) is 3.24. The van der Waals surface area contributed by atoms with Crippen molar-refractivity contribution >= 4 is 27.5 Å². The molecule has 1 unspecified atom stereocenters. The third-order valence-corrected chi connectivity index (χ3v) is 6.74. The van der Waals surface area contributed by atoms with E-state index in [0.29, 0.717) is 6.61 Å². The highest BCUT2D eigenvalue weighted by molar-refractivity contribution is 7.19. The lowest BCUT2D eigenvalue weighted by molar-refractivity contribution is 0.283. The molecule has 1 aromatic heterocycles. The topological polar surface area (TPSA) is 30.5 Å². The molecule has 4 aromatic rings. The normalized spacial score (nSPS) is 15.8. The molecule has 0 spiro atoms. The van der Waals surface area contributed by atoms with Crippen molar-refractivity contribution < 1.29 is 9.47 Å². The number of methoxy groups -OCH3 is 1. The summed E-state index contributed by atoms with van der Waals surface area (Å²) < 4.78 is 13.1. The number of nitrogens with one attached hydrogen (secondary N) is 1. The maximum Gasteiger partial charge on any atom is 0.161 e. The molecule has 1 aliphatic rings. The Labute approximate surface area is 187 Å². The highest BCUT2D eigenvalue weighted by atomic mass is 32.1. The minimum Gasteiger partial charge on any atom is -0.493 e. The SMILES string of the molecule is COc1cc2c(cc1OCc1ccccc1)CCNC2C=Cc1cc2ccccc2s1. The number of hydrogen-bond acceptors (Lipinski definition) is 4. The Balaban J connectivity index is 1.39. The standard InChI is InChI=1S/C27H25NO2S/c1-29-25-17-23-20(16-26(25)30-18-19-7-3-2-4-8-19)13-14-28-24(23)12-11-22-15-21-9-5-6-10-27(21)31-22/h2-12,15-17,24,28H,13-14,18H2,1H3. The van der Waals surface area contributed by atoms with Gasteiger partial charge in [-0.1, -0.05) is 54.6 Å². The molecule has 4 heteroatoms. The van der Waals surface area contributed by atoms with E-state index in [4.69, 9.17) is 9.47 Å². The molecule has 0 fully saturated rings. The maximum absolute atomic E-state index is 6.12. The van der Waals surface area contributed by atoms with E-state index in [9.17, 15) is 0 Å². The van der Waals surface area contributed by atoms with Crippen molar-refractivity contribution in [3.63, 3.8) is 0 Å². The van der Waals surface area contributed by atoms with Gasteiger partial charge in [0, 0.05) is 16.1 Å². The summed E-state index contributed by atoms with van der Waals surface area (Å²) in [7, 11) is 1.70. The van der Waals surface area contributed by atoms with E-state index in [0.717, 1.165) is 30.0 Å². The second kappa shape index (κ2) is 8.96. The van der Waals surface area contributed by atoms with Gasteiger partial charge in [0.2, 0.25) is 0 Å². The van der Waals surface area contributed by atoms with Gasteiger partial charge >= 0.3 is 0 Å². The number of rotatable bonds is 6. The Hall–Kier alpha value is -3.08. The number of ether oxygens (including phenoxy) is 2. The molecule has 1 N–H and O–H groups in total. The van der Waals surface area contributed by atoms with Gasteiger partial charge in [0.1, 0.15) is 6.61 Å². The fourth-order valence-electron chi connectivity index (χ4n) is 4.05. The van der Waals surface area contributed by atoms with E-state index in [-0.39, 0.29) is 6.04 Å². The molecule has 0 saturated heterocycles. The number of fused-ring (bicyclic) bond motifs is 2. The van der Waals surface area contributed by atoms with Crippen LogP contribution < -0.4 is 14.8 Å². The third kappa shape index (κ3) is 4.36. The predicted octanol–water partition coefficient (Wildman–Crippen LogP) is 6.39. The summed E-state index contributed by atoms with van der Waals surface area (Å²) in [6.45, 7) is 1.47. The fourth-order valence-corrected chi connectivity index (χ4v) is 5.03. The van der Waals surface area contributed by atoms with Gasteiger partial charge in [-0.3, -0.25) is 0 Å². The number of hydrogen-bond donors (Lipinski definition) is 1. The second-order valence-electron chi connectivity index (χ2n) is 7.70. The van der Waals surface area contributed by atoms with E-state index in [1.165, 1.54) is 26.1 Å². The van der Waals surface area contributed by atoms with Crippen LogP contribution in [0.25, 0.3) is 16.2 Å². The molecular weight excluding hydrogens is 402 g/mol. The largest absolute Gasteiger partial charge is 0.493 e. The van der Waals surface area contributed by atoms with Gasteiger partial charge in [0.05, 0.1) is 13.2 Å². The smallest absolute Gasteiger partial charge is 0.161 e. The van der Waals surface area contributed by atoms with Crippen molar-refractivity contribution in [1.29, 1.82) is 0 Å². The summed E-state index contributed by atoms with van der Waals surface area (Å²) in [6, 6.07) is 25.4. The Kier molecular flexibility index (Phi) is 5.74. The predicted molar refractivity (Wildman–Crippen MR) is 129 cm³/mol. The first-order valence-corrected chi connectivity index (χ1v) is 11.4. The van der Waals surface area contributed by atoms with Crippen molar-refractivity contribution in [1.82, 2.24) is 5.32 Å². The van der Waals surface area contributed by atoms with Crippen molar-refractivity contribution in [2.24, 2.45) is 0 Å². The van der Waals surface area contributed by atoms with Crippen molar-refractivity contribution in [2.75, 3.05) is 13.7 Å². The van der Waals surface area contributed by atoms with Crippen LogP contribution in [0.15, 0.2) is 78.9 Å². The fraction of sp³-hybridized carbons (Fsp3) is 0.185. The molecule has 156 valence electrons. The molecule has 2 heterocycles. The molecule has 3 nitrogen and oxygen atoms in total. The Bertz CT molecular complexity index is 1180. The summed E-state index contributed by atoms with van der Waals surface area (Å²) in [6.07, 6.45) is 5.46. The first-order chi connectivity index (χ1) is 15.3. The summed E-state index contributed by atoms with van der Waals surface area (Å²) in [5, 5.41) is 4.93. The highest BCUT2D eigenvalue weighted by Gasteiger charge is 2.21. The Morgan fingerprint density at radius 1 is 1.00 bits per heavy atom. The van der Waals surface area contributed by atoms with Crippen LogP contribution in [0, 0.1) is 0 Å². The van der Waals surface area contributed by atoms with Crippen molar-refractivity contribution in [3.05, 3.63) is 100 Å². The molecule has 31 heavy (non-hydrogen) atoms. The lowest BCUT2D eigenvalue weighted by Crippen LogP contribution is -2.28. The monoisotopic (exact) mass is 427 g/mol. The molecule has 5 rings (SSSR count). The van der Waals surface area contributed by atoms with Crippen LogP contribution in [0.1, 0.15) is 27.6 Å². The summed E-state index contributed by atoms with van der Waals surface area (Å²) in [5.74, 6) is 1.58.